The minimum atomic E-state index is 0.0374. The first-order valence-electron chi connectivity index (χ1n) is 4.54. The van der Waals surface area contributed by atoms with Gasteiger partial charge in [-0.25, -0.2) is 9.97 Å². The average molecular weight is 246 g/mol. The van der Waals surface area contributed by atoms with Crippen molar-refractivity contribution in [1.29, 1.82) is 0 Å². The number of carbonyl (C=O) groups is 1. The molecule has 0 saturated carbocycles. The van der Waals surface area contributed by atoms with E-state index in [4.69, 9.17) is 23.2 Å². The van der Waals surface area contributed by atoms with Gasteiger partial charge >= 0.3 is 0 Å². The molecule has 1 aliphatic rings. The third-order valence-electron chi connectivity index (χ3n) is 2.32. The Morgan fingerprint density at radius 2 is 2.33 bits per heavy atom. The van der Waals surface area contributed by atoms with Crippen molar-refractivity contribution in [1.82, 2.24) is 9.97 Å². The monoisotopic (exact) mass is 245 g/mol. The van der Waals surface area contributed by atoms with Gasteiger partial charge in [0.1, 0.15) is 17.3 Å². The zero-order valence-corrected chi connectivity index (χ0v) is 9.37. The van der Waals surface area contributed by atoms with Crippen LogP contribution in [0.15, 0.2) is 12.4 Å². The van der Waals surface area contributed by atoms with Gasteiger partial charge in [-0.2, -0.15) is 0 Å². The Kier molecular flexibility index (Phi) is 3.07. The third kappa shape index (κ3) is 2.21. The number of nitrogens with zero attached hydrogens (tertiary/aromatic N) is 3. The summed E-state index contributed by atoms with van der Waals surface area (Å²) in [5, 5.41) is 0.335. The molecular weight excluding hydrogens is 237 g/mol. The van der Waals surface area contributed by atoms with Crippen LogP contribution in [0.5, 0.6) is 0 Å². The van der Waals surface area contributed by atoms with Gasteiger partial charge < -0.3 is 0 Å². The van der Waals surface area contributed by atoms with Crippen LogP contribution in [0, 0.1) is 5.92 Å². The second-order valence-electron chi connectivity index (χ2n) is 3.43. The SMILES string of the molecule is O=C1CC(CCl)CN1c1cc(Cl)ncn1. The maximum atomic E-state index is 11.6. The van der Waals surface area contributed by atoms with E-state index in [0.717, 1.165) is 0 Å². The molecule has 1 aromatic heterocycles. The lowest BCUT2D eigenvalue weighted by atomic mass is 10.2. The number of alkyl halides is 1. The Bertz CT molecular complexity index is 385. The molecule has 1 amide bonds. The smallest absolute Gasteiger partial charge is 0.228 e. The van der Waals surface area contributed by atoms with Gasteiger partial charge in [-0.1, -0.05) is 11.6 Å². The van der Waals surface area contributed by atoms with Crippen molar-refractivity contribution in [2.24, 2.45) is 5.92 Å². The first kappa shape index (κ1) is 10.6. The lowest BCUT2D eigenvalue weighted by Gasteiger charge is -2.14. The molecule has 0 aliphatic carbocycles. The summed E-state index contributed by atoms with van der Waals surface area (Å²) < 4.78 is 0. The summed E-state index contributed by atoms with van der Waals surface area (Å²) in [7, 11) is 0. The molecule has 0 N–H and O–H groups in total. The van der Waals surface area contributed by atoms with E-state index in [-0.39, 0.29) is 11.8 Å². The molecule has 1 saturated heterocycles. The molecule has 0 aromatic carbocycles. The predicted octanol–water partition coefficient (Wildman–Crippen LogP) is 1.72. The largest absolute Gasteiger partial charge is 0.296 e. The van der Waals surface area contributed by atoms with Crippen molar-refractivity contribution in [2.45, 2.75) is 6.42 Å². The van der Waals surface area contributed by atoms with Gasteiger partial charge in [0.2, 0.25) is 5.91 Å². The third-order valence-corrected chi connectivity index (χ3v) is 2.96. The van der Waals surface area contributed by atoms with Crippen LogP contribution in [0.2, 0.25) is 5.15 Å². The summed E-state index contributed by atoms with van der Waals surface area (Å²) in [6.45, 7) is 0.607. The topological polar surface area (TPSA) is 46.1 Å². The first-order chi connectivity index (χ1) is 7.20. The standard InChI is InChI=1S/C9H9Cl2N3O/c10-3-6-1-9(15)14(4-6)8-2-7(11)12-5-13-8/h2,5-6H,1,3-4H2. The van der Waals surface area contributed by atoms with Gasteiger partial charge in [-0.3, -0.25) is 9.69 Å². The summed E-state index contributed by atoms with van der Waals surface area (Å²) in [5.41, 5.74) is 0. The summed E-state index contributed by atoms with van der Waals surface area (Å²) in [4.78, 5) is 21.0. The Hall–Kier alpha value is -0.870. The van der Waals surface area contributed by atoms with Crippen LogP contribution in [0.25, 0.3) is 0 Å². The van der Waals surface area contributed by atoms with Crippen LogP contribution >= 0.6 is 23.2 Å². The second kappa shape index (κ2) is 4.33. The molecule has 1 atom stereocenters. The van der Waals surface area contributed by atoms with Crippen LogP contribution in [0.4, 0.5) is 5.82 Å². The molecule has 4 nitrogen and oxygen atoms in total. The number of aromatic nitrogens is 2. The van der Waals surface area contributed by atoms with Crippen molar-refractivity contribution in [3.8, 4) is 0 Å². The van der Waals surface area contributed by atoms with Gasteiger partial charge in [-0.15, -0.1) is 11.6 Å². The lowest BCUT2D eigenvalue weighted by molar-refractivity contribution is -0.117. The highest BCUT2D eigenvalue weighted by Crippen LogP contribution is 2.24. The number of anilines is 1. The number of hydrogen-bond acceptors (Lipinski definition) is 3. The molecule has 15 heavy (non-hydrogen) atoms. The zero-order valence-electron chi connectivity index (χ0n) is 7.86. The lowest BCUT2D eigenvalue weighted by Crippen LogP contribution is -2.25. The molecule has 2 rings (SSSR count). The summed E-state index contributed by atoms with van der Waals surface area (Å²) in [6, 6.07) is 1.58. The molecule has 0 radical (unpaired) electrons. The fourth-order valence-electron chi connectivity index (χ4n) is 1.58. The normalized spacial score (nSPS) is 21.1. The minimum absolute atomic E-state index is 0.0374. The fourth-order valence-corrected chi connectivity index (χ4v) is 1.93. The van der Waals surface area contributed by atoms with Crippen molar-refractivity contribution < 1.29 is 4.79 Å². The van der Waals surface area contributed by atoms with E-state index in [0.29, 0.717) is 29.8 Å². The molecule has 1 aliphatic heterocycles. The van der Waals surface area contributed by atoms with E-state index < -0.39 is 0 Å². The van der Waals surface area contributed by atoms with Gasteiger partial charge in [0.05, 0.1) is 0 Å². The van der Waals surface area contributed by atoms with Crippen LogP contribution in [-0.2, 0) is 4.79 Å². The van der Waals surface area contributed by atoms with Gasteiger partial charge in [-0.05, 0) is 5.92 Å². The van der Waals surface area contributed by atoms with Crippen molar-refractivity contribution in [3.63, 3.8) is 0 Å². The zero-order chi connectivity index (χ0) is 10.8. The van der Waals surface area contributed by atoms with E-state index in [1.54, 1.807) is 11.0 Å². The van der Waals surface area contributed by atoms with E-state index in [1.165, 1.54) is 6.33 Å². The molecule has 2 heterocycles. The molecule has 1 unspecified atom stereocenters. The summed E-state index contributed by atoms with van der Waals surface area (Å²) in [6.07, 6.45) is 1.82. The highest BCUT2D eigenvalue weighted by molar-refractivity contribution is 6.29. The van der Waals surface area contributed by atoms with Gasteiger partial charge in [0.15, 0.2) is 0 Å². The van der Waals surface area contributed by atoms with E-state index in [9.17, 15) is 4.79 Å². The van der Waals surface area contributed by atoms with E-state index >= 15 is 0 Å². The molecular formula is C9H9Cl2N3O. The highest BCUT2D eigenvalue weighted by atomic mass is 35.5. The molecule has 80 valence electrons. The van der Waals surface area contributed by atoms with Crippen LogP contribution in [-0.4, -0.2) is 28.3 Å². The molecule has 1 fully saturated rings. The minimum Gasteiger partial charge on any atom is -0.296 e. The summed E-state index contributed by atoms with van der Waals surface area (Å²) in [5.74, 6) is 1.28. The Labute approximate surface area is 97.2 Å². The van der Waals surface area contributed by atoms with Crippen molar-refractivity contribution >= 4 is 34.9 Å². The van der Waals surface area contributed by atoms with E-state index in [1.807, 2.05) is 0 Å². The average Bonchev–Trinajstić information content (AvgIpc) is 2.60. The van der Waals surface area contributed by atoms with Crippen LogP contribution in [0.1, 0.15) is 6.42 Å². The fraction of sp³-hybridized carbons (Fsp3) is 0.444. The molecule has 0 spiro atoms. The number of halogens is 2. The Morgan fingerprint density at radius 1 is 1.53 bits per heavy atom. The van der Waals surface area contributed by atoms with Gasteiger partial charge in [0.25, 0.3) is 0 Å². The van der Waals surface area contributed by atoms with Crippen LogP contribution in [0.3, 0.4) is 0 Å². The van der Waals surface area contributed by atoms with Crippen molar-refractivity contribution in [3.05, 3.63) is 17.5 Å². The second-order valence-corrected chi connectivity index (χ2v) is 4.12. The van der Waals surface area contributed by atoms with Crippen molar-refractivity contribution in [2.75, 3.05) is 17.3 Å². The highest BCUT2D eigenvalue weighted by Gasteiger charge is 2.30. The Morgan fingerprint density at radius 3 is 2.93 bits per heavy atom. The quantitative estimate of drug-likeness (QED) is 0.589. The number of hydrogen-bond donors (Lipinski definition) is 0. The number of amides is 1. The number of rotatable bonds is 2. The molecule has 0 bridgehead atoms. The predicted molar refractivity (Wildman–Crippen MR) is 58.2 cm³/mol. The molecule has 1 aromatic rings. The first-order valence-corrected chi connectivity index (χ1v) is 5.46. The summed E-state index contributed by atoms with van der Waals surface area (Å²) >= 11 is 11.4. The maximum Gasteiger partial charge on any atom is 0.228 e. The maximum absolute atomic E-state index is 11.6. The molecule has 6 heteroatoms. The van der Waals surface area contributed by atoms with Gasteiger partial charge in [0, 0.05) is 24.9 Å². The van der Waals surface area contributed by atoms with E-state index in [2.05, 4.69) is 9.97 Å². The van der Waals surface area contributed by atoms with Crippen LogP contribution < -0.4 is 4.90 Å². The Balaban J connectivity index is 2.21. The number of carbonyl (C=O) groups excluding carboxylic acids is 1.